The number of nitrogens with zero attached hydrogens (tertiary/aromatic N) is 1. The standard InChI is InChI=1S/C17H12N2O3S/c20-16-15(9-11-6-7-13-14(8-11)22-10-21-13)23-17(19-16)18-12-4-2-1-3-5-12/h1-9H,10H2,(H,18,19,20)/b15-9-. The van der Waals surface area contributed by atoms with Gasteiger partial charge in [-0.1, -0.05) is 24.3 Å². The van der Waals surface area contributed by atoms with Gasteiger partial charge in [0.25, 0.3) is 5.91 Å². The molecule has 0 aliphatic carbocycles. The van der Waals surface area contributed by atoms with Crippen molar-refractivity contribution in [2.45, 2.75) is 0 Å². The molecule has 0 atom stereocenters. The number of aliphatic imine (C=N–C) groups is 1. The molecule has 4 rings (SSSR count). The highest BCUT2D eigenvalue weighted by Crippen LogP contribution is 2.34. The second kappa shape index (κ2) is 5.81. The van der Waals surface area contributed by atoms with Crippen LogP contribution in [0.2, 0.25) is 0 Å². The molecule has 2 aromatic rings. The Morgan fingerprint density at radius 1 is 1.09 bits per heavy atom. The van der Waals surface area contributed by atoms with Crippen LogP contribution in [0.3, 0.4) is 0 Å². The highest BCUT2D eigenvalue weighted by atomic mass is 32.2. The van der Waals surface area contributed by atoms with Crippen LogP contribution < -0.4 is 14.8 Å². The molecule has 6 heteroatoms. The number of ether oxygens (including phenoxy) is 2. The van der Waals surface area contributed by atoms with Gasteiger partial charge in [0, 0.05) is 0 Å². The Kier molecular flexibility index (Phi) is 3.51. The van der Waals surface area contributed by atoms with Gasteiger partial charge in [0.1, 0.15) is 0 Å². The summed E-state index contributed by atoms with van der Waals surface area (Å²) in [6.07, 6.45) is 1.81. The topological polar surface area (TPSA) is 59.9 Å². The maximum absolute atomic E-state index is 12.1. The van der Waals surface area contributed by atoms with E-state index in [0.29, 0.717) is 15.8 Å². The van der Waals surface area contributed by atoms with E-state index in [4.69, 9.17) is 9.47 Å². The van der Waals surface area contributed by atoms with E-state index in [1.807, 2.05) is 54.6 Å². The number of carbonyl (C=O) groups is 1. The molecule has 114 valence electrons. The summed E-state index contributed by atoms with van der Waals surface area (Å²) < 4.78 is 10.6. The van der Waals surface area contributed by atoms with Crippen molar-refractivity contribution in [2.75, 3.05) is 6.79 Å². The van der Waals surface area contributed by atoms with E-state index in [1.165, 1.54) is 11.8 Å². The molecule has 0 aromatic heterocycles. The van der Waals surface area contributed by atoms with E-state index in [2.05, 4.69) is 10.3 Å². The number of nitrogens with one attached hydrogen (secondary N) is 1. The molecule has 1 N–H and O–H groups in total. The van der Waals surface area contributed by atoms with Crippen molar-refractivity contribution in [3.8, 4) is 11.5 Å². The van der Waals surface area contributed by atoms with Gasteiger partial charge in [0.05, 0.1) is 10.6 Å². The Balaban J connectivity index is 1.58. The summed E-state index contributed by atoms with van der Waals surface area (Å²) in [4.78, 5) is 17.1. The van der Waals surface area contributed by atoms with Crippen LogP contribution in [0.15, 0.2) is 58.4 Å². The molecule has 23 heavy (non-hydrogen) atoms. The summed E-state index contributed by atoms with van der Waals surface area (Å²) in [5.41, 5.74) is 1.69. The van der Waals surface area contributed by atoms with Gasteiger partial charge in [0.15, 0.2) is 16.7 Å². The molecule has 2 aromatic carbocycles. The molecule has 1 amide bonds. The zero-order valence-electron chi connectivity index (χ0n) is 12.0. The molecule has 5 nitrogen and oxygen atoms in total. The van der Waals surface area contributed by atoms with Crippen LogP contribution in [0.25, 0.3) is 6.08 Å². The number of thioether (sulfide) groups is 1. The van der Waals surface area contributed by atoms with Crippen molar-refractivity contribution >= 4 is 34.6 Å². The molecule has 0 bridgehead atoms. The van der Waals surface area contributed by atoms with E-state index in [-0.39, 0.29) is 12.7 Å². The maximum Gasteiger partial charge on any atom is 0.264 e. The second-order valence-electron chi connectivity index (χ2n) is 4.93. The molecule has 0 saturated carbocycles. The molecule has 0 radical (unpaired) electrons. The third-order valence-corrected chi connectivity index (χ3v) is 4.24. The molecule has 0 unspecified atom stereocenters. The van der Waals surface area contributed by atoms with E-state index in [1.54, 1.807) is 0 Å². The minimum Gasteiger partial charge on any atom is -0.454 e. The summed E-state index contributed by atoms with van der Waals surface area (Å²) in [5, 5.41) is 3.35. The average Bonchev–Trinajstić information content (AvgIpc) is 3.15. The number of amides is 1. The Labute approximate surface area is 137 Å². The summed E-state index contributed by atoms with van der Waals surface area (Å²) in [6, 6.07) is 15.1. The number of rotatable bonds is 2. The van der Waals surface area contributed by atoms with Gasteiger partial charge in [-0.3, -0.25) is 4.79 Å². The number of carbonyl (C=O) groups excluding carboxylic acids is 1. The highest BCUT2D eigenvalue weighted by molar-refractivity contribution is 8.18. The second-order valence-corrected chi connectivity index (χ2v) is 5.96. The normalized spacial score (nSPS) is 19.4. The number of benzene rings is 2. The predicted octanol–water partition coefficient (Wildman–Crippen LogP) is 3.31. The molecule has 1 fully saturated rings. The zero-order valence-corrected chi connectivity index (χ0v) is 12.8. The minimum atomic E-state index is -0.151. The van der Waals surface area contributed by atoms with Gasteiger partial charge in [-0.15, -0.1) is 0 Å². The first-order chi connectivity index (χ1) is 11.3. The van der Waals surface area contributed by atoms with Gasteiger partial charge in [-0.05, 0) is 47.7 Å². The third kappa shape index (κ3) is 2.93. The first kappa shape index (κ1) is 13.9. The van der Waals surface area contributed by atoms with Gasteiger partial charge in [-0.2, -0.15) is 0 Å². The van der Waals surface area contributed by atoms with Gasteiger partial charge < -0.3 is 14.8 Å². The Morgan fingerprint density at radius 2 is 1.91 bits per heavy atom. The SMILES string of the molecule is O=C1NC(=Nc2ccccc2)S/C1=C\c1ccc2c(c1)OCO2. The first-order valence-electron chi connectivity index (χ1n) is 7.02. The van der Waals surface area contributed by atoms with Crippen molar-refractivity contribution in [3.63, 3.8) is 0 Å². The lowest BCUT2D eigenvalue weighted by atomic mass is 10.2. The lowest BCUT2D eigenvalue weighted by molar-refractivity contribution is -0.115. The first-order valence-corrected chi connectivity index (χ1v) is 7.84. The lowest BCUT2D eigenvalue weighted by Crippen LogP contribution is -2.19. The van der Waals surface area contributed by atoms with Crippen LogP contribution in [0.4, 0.5) is 5.69 Å². The van der Waals surface area contributed by atoms with Crippen LogP contribution >= 0.6 is 11.8 Å². The van der Waals surface area contributed by atoms with Crippen molar-refractivity contribution in [2.24, 2.45) is 4.99 Å². The number of amidine groups is 1. The monoisotopic (exact) mass is 324 g/mol. The van der Waals surface area contributed by atoms with E-state index < -0.39 is 0 Å². The Hall–Kier alpha value is -2.73. The fourth-order valence-corrected chi connectivity index (χ4v) is 3.10. The molecular formula is C17H12N2O3S. The van der Waals surface area contributed by atoms with Crippen molar-refractivity contribution in [3.05, 3.63) is 59.0 Å². The van der Waals surface area contributed by atoms with Crippen molar-refractivity contribution in [1.29, 1.82) is 0 Å². The number of fused-ring (bicyclic) bond motifs is 1. The summed E-state index contributed by atoms with van der Waals surface area (Å²) in [5.74, 6) is 1.27. The summed E-state index contributed by atoms with van der Waals surface area (Å²) in [7, 11) is 0. The van der Waals surface area contributed by atoms with E-state index in [0.717, 1.165) is 17.0 Å². The Bertz CT molecular complexity index is 831. The quantitative estimate of drug-likeness (QED) is 0.861. The average molecular weight is 324 g/mol. The van der Waals surface area contributed by atoms with Gasteiger partial charge in [0.2, 0.25) is 6.79 Å². The molecule has 2 heterocycles. The highest BCUT2D eigenvalue weighted by Gasteiger charge is 2.24. The zero-order chi connectivity index (χ0) is 15.6. The molecule has 2 aliphatic heterocycles. The molecular weight excluding hydrogens is 312 g/mol. The molecule has 1 saturated heterocycles. The van der Waals surface area contributed by atoms with E-state index >= 15 is 0 Å². The molecule has 0 spiro atoms. The van der Waals surface area contributed by atoms with E-state index in [9.17, 15) is 4.79 Å². The Morgan fingerprint density at radius 3 is 2.78 bits per heavy atom. The minimum absolute atomic E-state index is 0.151. The number of hydrogen-bond donors (Lipinski definition) is 1. The predicted molar refractivity (Wildman–Crippen MR) is 89.8 cm³/mol. The summed E-state index contributed by atoms with van der Waals surface area (Å²) in [6.45, 7) is 0.235. The van der Waals surface area contributed by atoms with Crippen molar-refractivity contribution in [1.82, 2.24) is 5.32 Å². The largest absolute Gasteiger partial charge is 0.454 e. The van der Waals surface area contributed by atoms with Crippen LogP contribution in [0.1, 0.15) is 5.56 Å². The van der Waals surface area contributed by atoms with Crippen LogP contribution in [-0.4, -0.2) is 17.9 Å². The number of hydrogen-bond acceptors (Lipinski definition) is 5. The summed E-state index contributed by atoms with van der Waals surface area (Å²) >= 11 is 1.32. The maximum atomic E-state index is 12.1. The molecule has 2 aliphatic rings. The smallest absolute Gasteiger partial charge is 0.264 e. The van der Waals surface area contributed by atoms with Crippen LogP contribution in [0.5, 0.6) is 11.5 Å². The third-order valence-electron chi connectivity index (χ3n) is 3.33. The number of para-hydroxylation sites is 1. The van der Waals surface area contributed by atoms with Gasteiger partial charge in [-0.25, -0.2) is 4.99 Å². The van der Waals surface area contributed by atoms with Gasteiger partial charge >= 0.3 is 0 Å². The fraction of sp³-hybridized carbons (Fsp3) is 0.0588. The van der Waals surface area contributed by atoms with Crippen molar-refractivity contribution < 1.29 is 14.3 Å². The fourth-order valence-electron chi connectivity index (χ4n) is 2.25. The van der Waals surface area contributed by atoms with Crippen LogP contribution in [-0.2, 0) is 4.79 Å². The van der Waals surface area contributed by atoms with Crippen LogP contribution in [0, 0.1) is 0 Å². The lowest BCUT2D eigenvalue weighted by Gasteiger charge is -1.98.